The van der Waals surface area contributed by atoms with E-state index >= 15 is 0 Å². The fourth-order valence-electron chi connectivity index (χ4n) is 2.56. The first-order chi connectivity index (χ1) is 12.3. The Bertz CT molecular complexity index is 940. The average Bonchev–Trinajstić information content (AvgIpc) is 3.12. The number of esters is 1. The molecule has 6 nitrogen and oxygen atoms in total. The second-order valence-electron chi connectivity index (χ2n) is 6.92. The number of benzene rings is 1. The van der Waals surface area contributed by atoms with Crippen LogP contribution in [-0.4, -0.2) is 29.0 Å². The predicted octanol–water partition coefficient (Wildman–Crippen LogP) is 3.57. The van der Waals surface area contributed by atoms with E-state index in [4.69, 9.17) is 9.15 Å². The van der Waals surface area contributed by atoms with Crippen molar-refractivity contribution >= 4 is 22.8 Å². The number of furan rings is 1. The molecule has 0 saturated heterocycles. The van der Waals surface area contributed by atoms with Crippen LogP contribution in [0.3, 0.4) is 0 Å². The van der Waals surface area contributed by atoms with Crippen molar-refractivity contribution in [3.8, 4) is 11.5 Å². The zero-order valence-electron chi connectivity index (χ0n) is 14.9. The van der Waals surface area contributed by atoms with Crippen molar-refractivity contribution in [3.05, 3.63) is 54.3 Å². The van der Waals surface area contributed by atoms with Crippen LogP contribution in [0.25, 0.3) is 22.4 Å². The second kappa shape index (κ2) is 7.00. The molecule has 6 heteroatoms. The topological polar surface area (TPSA) is 81.4 Å². The smallest absolute Gasteiger partial charge is 0.339 e. The number of fused-ring (bicyclic) bond motifs is 1. The van der Waals surface area contributed by atoms with Gasteiger partial charge in [0.05, 0.1) is 17.3 Å². The lowest BCUT2D eigenvalue weighted by Crippen LogP contribution is -2.42. The van der Waals surface area contributed by atoms with Crippen molar-refractivity contribution < 1.29 is 18.7 Å². The number of hydrogen-bond acceptors (Lipinski definition) is 5. The van der Waals surface area contributed by atoms with Crippen molar-refractivity contribution in [3.63, 3.8) is 0 Å². The highest BCUT2D eigenvalue weighted by Crippen LogP contribution is 2.25. The van der Waals surface area contributed by atoms with E-state index in [1.807, 2.05) is 39.0 Å². The summed E-state index contributed by atoms with van der Waals surface area (Å²) in [6.07, 6.45) is 1.54. The summed E-state index contributed by atoms with van der Waals surface area (Å²) in [5, 5.41) is 3.41. The lowest BCUT2D eigenvalue weighted by molar-refractivity contribution is -0.125. The lowest BCUT2D eigenvalue weighted by atomic mass is 10.1. The van der Waals surface area contributed by atoms with Gasteiger partial charge in [-0.2, -0.15) is 0 Å². The van der Waals surface area contributed by atoms with Crippen LogP contribution in [0.15, 0.2) is 53.1 Å². The van der Waals surface area contributed by atoms with Gasteiger partial charge in [0.25, 0.3) is 5.91 Å². The van der Waals surface area contributed by atoms with Gasteiger partial charge in [0, 0.05) is 10.9 Å². The molecule has 0 unspecified atom stereocenters. The largest absolute Gasteiger partial charge is 0.463 e. The maximum Gasteiger partial charge on any atom is 0.339 e. The van der Waals surface area contributed by atoms with Crippen molar-refractivity contribution in [2.24, 2.45) is 0 Å². The van der Waals surface area contributed by atoms with E-state index in [1.54, 1.807) is 30.5 Å². The Kier molecular flexibility index (Phi) is 4.75. The Morgan fingerprint density at radius 3 is 2.62 bits per heavy atom. The van der Waals surface area contributed by atoms with Crippen molar-refractivity contribution in [1.82, 2.24) is 10.3 Å². The molecule has 0 radical (unpaired) electrons. The second-order valence-corrected chi connectivity index (χ2v) is 6.92. The maximum atomic E-state index is 12.6. The summed E-state index contributed by atoms with van der Waals surface area (Å²) in [4.78, 5) is 29.0. The standard InChI is InChI=1S/C20H20N2O4/c1-20(2,3)22-18(23)12-26-19(24)14-11-16(17-9-6-10-25-17)21-15-8-5-4-7-13(14)15/h4-11H,12H2,1-3H3,(H,22,23). The van der Waals surface area contributed by atoms with Crippen molar-refractivity contribution in [2.75, 3.05) is 6.61 Å². The molecular formula is C20H20N2O4. The van der Waals surface area contributed by atoms with E-state index in [-0.39, 0.29) is 18.1 Å². The third kappa shape index (κ3) is 4.08. The zero-order chi connectivity index (χ0) is 18.7. The Hall–Kier alpha value is -3.15. The van der Waals surface area contributed by atoms with Crippen LogP contribution < -0.4 is 5.32 Å². The fraction of sp³-hybridized carbons (Fsp3) is 0.250. The third-order valence-corrected chi connectivity index (χ3v) is 3.56. The van der Waals surface area contributed by atoms with Crippen LogP contribution in [0.5, 0.6) is 0 Å². The van der Waals surface area contributed by atoms with Crippen LogP contribution >= 0.6 is 0 Å². The van der Waals surface area contributed by atoms with Crippen LogP contribution in [0.4, 0.5) is 0 Å². The Morgan fingerprint density at radius 2 is 1.92 bits per heavy atom. The highest BCUT2D eigenvalue weighted by molar-refractivity contribution is 6.05. The normalized spacial score (nSPS) is 11.3. The summed E-state index contributed by atoms with van der Waals surface area (Å²) in [6, 6.07) is 12.4. The highest BCUT2D eigenvalue weighted by atomic mass is 16.5. The van der Waals surface area contributed by atoms with Gasteiger partial charge in [-0.1, -0.05) is 18.2 Å². The summed E-state index contributed by atoms with van der Waals surface area (Å²) >= 11 is 0. The van der Waals surface area contributed by atoms with E-state index in [0.29, 0.717) is 27.9 Å². The molecule has 1 N–H and O–H groups in total. The van der Waals surface area contributed by atoms with Crippen LogP contribution in [0, 0.1) is 0 Å². The molecule has 0 atom stereocenters. The molecule has 3 aromatic rings. The van der Waals surface area contributed by atoms with Crippen molar-refractivity contribution in [2.45, 2.75) is 26.3 Å². The molecule has 0 spiro atoms. The van der Waals surface area contributed by atoms with Gasteiger partial charge in [-0.3, -0.25) is 4.79 Å². The predicted molar refractivity (Wildman–Crippen MR) is 97.6 cm³/mol. The van der Waals surface area contributed by atoms with Gasteiger partial charge in [-0.15, -0.1) is 0 Å². The molecule has 1 aromatic carbocycles. The van der Waals surface area contributed by atoms with Crippen molar-refractivity contribution in [1.29, 1.82) is 0 Å². The molecule has 3 rings (SSSR count). The lowest BCUT2D eigenvalue weighted by Gasteiger charge is -2.20. The van der Waals surface area contributed by atoms with Crippen LogP contribution in [0.1, 0.15) is 31.1 Å². The summed E-state index contributed by atoms with van der Waals surface area (Å²) < 4.78 is 10.6. The fourth-order valence-corrected chi connectivity index (χ4v) is 2.56. The minimum Gasteiger partial charge on any atom is -0.463 e. The number of para-hydroxylation sites is 1. The number of nitrogens with one attached hydrogen (secondary N) is 1. The Balaban J connectivity index is 1.88. The van der Waals surface area contributed by atoms with E-state index in [9.17, 15) is 9.59 Å². The van der Waals surface area contributed by atoms with Gasteiger partial charge in [-0.25, -0.2) is 9.78 Å². The first-order valence-electron chi connectivity index (χ1n) is 8.25. The number of amides is 1. The number of hydrogen-bond donors (Lipinski definition) is 1. The van der Waals surface area contributed by atoms with Crippen LogP contribution in [0.2, 0.25) is 0 Å². The molecule has 2 heterocycles. The molecule has 0 aliphatic heterocycles. The van der Waals surface area contributed by atoms with Gasteiger partial charge in [0.1, 0.15) is 5.69 Å². The maximum absolute atomic E-state index is 12.6. The molecule has 1 amide bonds. The van der Waals surface area contributed by atoms with E-state index < -0.39 is 5.97 Å². The molecule has 134 valence electrons. The number of aromatic nitrogens is 1. The minimum atomic E-state index is -0.583. The summed E-state index contributed by atoms with van der Waals surface area (Å²) in [7, 11) is 0. The quantitative estimate of drug-likeness (QED) is 0.726. The minimum absolute atomic E-state index is 0.338. The third-order valence-electron chi connectivity index (χ3n) is 3.56. The summed E-state index contributed by atoms with van der Waals surface area (Å²) in [5.41, 5.74) is 1.12. The number of ether oxygens (including phenoxy) is 1. The van der Waals surface area contributed by atoms with Gasteiger partial charge in [0.2, 0.25) is 0 Å². The molecule has 0 aliphatic carbocycles. The molecule has 26 heavy (non-hydrogen) atoms. The van der Waals surface area contributed by atoms with Crippen LogP contribution in [-0.2, 0) is 9.53 Å². The number of rotatable bonds is 4. The molecule has 0 saturated carbocycles. The monoisotopic (exact) mass is 352 g/mol. The Labute approximate surface area is 151 Å². The summed E-state index contributed by atoms with van der Waals surface area (Å²) in [6.45, 7) is 5.24. The van der Waals surface area contributed by atoms with Gasteiger partial charge < -0.3 is 14.5 Å². The molecule has 0 aliphatic rings. The van der Waals surface area contributed by atoms with E-state index in [0.717, 1.165) is 0 Å². The Morgan fingerprint density at radius 1 is 1.15 bits per heavy atom. The first kappa shape index (κ1) is 17.7. The SMILES string of the molecule is CC(C)(C)NC(=O)COC(=O)c1cc(-c2ccco2)nc2ccccc12. The number of carbonyl (C=O) groups excluding carboxylic acids is 2. The molecular weight excluding hydrogens is 332 g/mol. The van der Waals surface area contributed by atoms with Gasteiger partial charge in [-0.05, 0) is 45.0 Å². The molecule has 2 aromatic heterocycles. The van der Waals surface area contributed by atoms with E-state index in [2.05, 4.69) is 10.3 Å². The number of nitrogens with zero attached hydrogens (tertiary/aromatic N) is 1. The number of carbonyl (C=O) groups is 2. The van der Waals surface area contributed by atoms with E-state index in [1.165, 1.54) is 0 Å². The zero-order valence-corrected chi connectivity index (χ0v) is 14.9. The average molecular weight is 352 g/mol. The molecule has 0 bridgehead atoms. The van der Waals surface area contributed by atoms with Gasteiger partial charge in [0.15, 0.2) is 12.4 Å². The van der Waals surface area contributed by atoms with Gasteiger partial charge >= 0.3 is 5.97 Å². The highest BCUT2D eigenvalue weighted by Gasteiger charge is 2.19. The summed E-state index contributed by atoms with van der Waals surface area (Å²) in [5.74, 6) is -0.383. The first-order valence-corrected chi connectivity index (χ1v) is 8.25. The number of pyridine rings is 1. The molecule has 0 fully saturated rings.